The molecular formula is C19H18FN5O2S. The van der Waals surface area contributed by atoms with Gasteiger partial charge in [0.05, 0.1) is 5.69 Å². The maximum absolute atomic E-state index is 13.0. The number of piperazine rings is 1. The molecular weight excluding hydrogens is 381 g/mol. The molecule has 28 heavy (non-hydrogen) atoms. The SMILES string of the molecule is O=S(=O)(c1cccnc1)N1CCN(c2ccc(-c3ccc(F)cc3)nn2)CC1. The summed E-state index contributed by atoms with van der Waals surface area (Å²) >= 11 is 0. The first-order chi connectivity index (χ1) is 13.5. The summed E-state index contributed by atoms with van der Waals surface area (Å²) in [4.78, 5) is 6.09. The second-order valence-electron chi connectivity index (χ2n) is 6.36. The zero-order valence-corrected chi connectivity index (χ0v) is 15.8. The maximum Gasteiger partial charge on any atom is 0.244 e. The van der Waals surface area contributed by atoms with Crippen molar-refractivity contribution in [2.75, 3.05) is 31.1 Å². The van der Waals surface area contributed by atoms with E-state index in [-0.39, 0.29) is 10.7 Å². The summed E-state index contributed by atoms with van der Waals surface area (Å²) in [5.74, 6) is 0.386. The van der Waals surface area contributed by atoms with E-state index in [1.165, 1.54) is 22.6 Å². The summed E-state index contributed by atoms with van der Waals surface area (Å²) in [7, 11) is -3.54. The van der Waals surface area contributed by atoms with Gasteiger partial charge in [-0.05, 0) is 48.5 Å². The average molecular weight is 399 g/mol. The molecule has 1 saturated heterocycles. The molecule has 0 amide bonds. The van der Waals surface area contributed by atoms with Crippen LogP contribution < -0.4 is 4.90 Å². The number of hydrogen-bond acceptors (Lipinski definition) is 6. The first-order valence-corrected chi connectivity index (χ1v) is 10.2. The van der Waals surface area contributed by atoms with E-state index in [2.05, 4.69) is 15.2 Å². The number of hydrogen-bond donors (Lipinski definition) is 0. The lowest BCUT2D eigenvalue weighted by Crippen LogP contribution is -2.49. The van der Waals surface area contributed by atoms with Gasteiger partial charge in [0, 0.05) is 44.1 Å². The first kappa shape index (κ1) is 18.5. The Morgan fingerprint density at radius 3 is 2.25 bits per heavy atom. The van der Waals surface area contributed by atoms with E-state index in [1.54, 1.807) is 30.5 Å². The van der Waals surface area contributed by atoms with Gasteiger partial charge < -0.3 is 4.90 Å². The van der Waals surface area contributed by atoms with Crippen molar-refractivity contribution in [3.8, 4) is 11.3 Å². The number of halogens is 1. The van der Waals surface area contributed by atoms with Crippen molar-refractivity contribution < 1.29 is 12.8 Å². The van der Waals surface area contributed by atoms with Crippen LogP contribution in [0.5, 0.6) is 0 Å². The highest BCUT2D eigenvalue weighted by molar-refractivity contribution is 7.89. The molecule has 1 fully saturated rings. The second-order valence-corrected chi connectivity index (χ2v) is 8.30. The van der Waals surface area contributed by atoms with Gasteiger partial charge in [-0.25, -0.2) is 12.8 Å². The van der Waals surface area contributed by atoms with Gasteiger partial charge in [-0.2, -0.15) is 4.31 Å². The Labute approximate surface area is 162 Å². The molecule has 1 aliphatic heterocycles. The molecule has 2 aromatic heterocycles. The third-order valence-corrected chi connectivity index (χ3v) is 6.51. The maximum atomic E-state index is 13.0. The molecule has 0 saturated carbocycles. The summed E-state index contributed by atoms with van der Waals surface area (Å²) in [6, 6.07) is 12.9. The Kier molecular flexibility index (Phi) is 5.01. The Bertz CT molecular complexity index is 1040. The standard InChI is InChI=1S/C19H18FN5O2S/c20-16-5-3-15(4-6-16)18-7-8-19(23-22-18)24-10-12-25(13-11-24)28(26,27)17-2-1-9-21-14-17/h1-9,14H,10-13H2. The van der Waals surface area contributed by atoms with Crippen molar-refractivity contribution in [2.24, 2.45) is 0 Å². The van der Waals surface area contributed by atoms with Crippen LogP contribution in [0.15, 0.2) is 65.8 Å². The van der Waals surface area contributed by atoms with Crippen molar-refractivity contribution in [1.29, 1.82) is 0 Å². The molecule has 0 aliphatic carbocycles. The monoisotopic (exact) mass is 399 g/mol. The van der Waals surface area contributed by atoms with Crippen LogP contribution in [0, 0.1) is 5.82 Å². The highest BCUT2D eigenvalue weighted by atomic mass is 32.2. The molecule has 144 valence electrons. The Morgan fingerprint density at radius 2 is 1.64 bits per heavy atom. The van der Waals surface area contributed by atoms with Crippen LogP contribution in [0.3, 0.4) is 0 Å². The summed E-state index contributed by atoms with van der Waals surface area (Å²) in [6.45, 7) is 1.76. The lowest BCUT2D eigenvalue weighted by atomic mass is 10.1. The number of aromatic nitrogens is 3. The number of rotatable bonds is 4. The van der Waals surface area contributed by atoms with Gasteiger partial charge in [0.25, 0.3) is 0 Å². The van der Waals surface area contributed by atoms with Crippen molar-refractivity contribution in [1.82, 2.24) is 19.5 Å². The Morgan fingerprint density at radius 1 is 0.893 bits per heavy atom. The van der Waals surface area contributed by atoms with Crippen LogP contribution in [0.25, 0.3) is 11.3 Å². The van der Waals surface area contributed by atoms with E-state index in [0.29, 0.717) is 37.7 Å². The third-order valence-electron chi connectivity index (χ3n) is 4.63. The molecule has 0 radical (unpaired) electrons. The molecule has 1 aliphatic rings. The third kappa shape index (κ3) is 3.71. The topological polar surface area (TPSA) is 79.3 Å². The number of benzene rings is 1. The van der Waals surface area contributed by atoms with E-state index in [0.717, 1.165) is 5.56 Å². The fourth-order valence-electron chi connectivity index (χ4n) is 3.07. The summed E-state index contributed by atoms with van der Waals surface area (Å²) in [6.07, 6.45) is 2.91. The van der Waals surface area contributed by atoms with Gasteiger partial charge in [0.15, 0.2) is 5.82 Å². The smallest absolute Gasteiger partial charge is 0.244 e. The molecule has 0 spiro atoms. The molecule has 7 nitrogen and oxygen atoms in total. The van der Waals surface area contributed by atoms with E-state index in [4.69, 9.17) is 0 Å². The fraction of sp³-hybridized carbons (Fsp3) is 0.211. The van der Waals surface area contributed by atoms with Crippen LogP contribution in [0.4, 0.5) is 10.2 Å². The number of sulfonamides is 1. The minimum atomic E-state index is -3.54. The predicted molar refractivity (Wildman–Crippen MR) is 103 cm³/mol. The van der Waals surface area contributed by atoms with Crippen LogP contribution in [-0.2, 0) is 10.0 Å². The molecule has 0 bridgehead atoms. The molecule has 0 N–H and O–H groups in total. The lowest BCUT2D eigenvalue weighted by Gasteiger charge is -2.34. The lowest BCUT2D eigenvalue weighted by molar-refractivity contribution is 0.383. The number of anilines is 1. The summed E-state index contributed by atoms with van der Waals surface area (Å²) in [5.41, 5.74) is 1.44. The summed E-state index contributed by atoms with van der Waals surface area (Å²) < 4.78 is 39.8. The minimum Gasteiger partial charge on any atom is -0.352 e. The first-order valence-electron chi connectivity index (χ1n) is 8.79. The number of nitrogens with zero attached hydrogens (tertiary/aromatic N) is 5. The Hall–Kier alpha value is -2.91. The molecule has 3 heterocycles. The average Bonchev–Trinajstić information content (AvgIpc) is 2.75. The van der Waals surface area contributed by atoms with Gasteiger partial charge >= 0.3 is 0 Å². The van der Waals surface area contributed by atoms with E-state index >= 15 is 0 Å². The van der Waals surface area contributed by atoms with Crippen LogP contribution in [0.2, 0.25) is 0 Å². The van der Waals surface area contributed by atoms with Crippen LogP contribution >= 0.6 is 0 Å². The van der Waals surface area contributed by atoms with Crippen LogP contribution in [-0.4, -0.2) is 54.1 Å². The molecule has 3 aromatic rings. The van der Waals surface area contributed by atoms with E-state index in [1.807, 2.05) is 17.0 Å². The normalized spacial score (nSPS) is 15.5. The minimum absolute atomic E-state index is 0.201. The van der Waals surface area contributed by atoms with Gasteiger partial charge in [-0.15, -0.1) is 10.2 Å². The van der Waals surface area contributed by atoms with Gasteiger partial charge in [-0.3, -0.25) is 4.98 Å². The van der Waals surface area contributed by atoms with Crippen LogP contribution in [0.1, 0.15) is 0 Å². The van der Waals surface area contributed by atoms with Crippen molar-refractivity contribution in [2.45, 2.75) is 4.90 Å². The van der Waals surface area contributed by atoms with Gasteiger partial charge in [0.1, 0.15) is 10.7 Å². The van der Waals surface area contributed by atoms with Crippen molar-refractivity contribution in [3.05, 3.63) is 66.7 Å². The quantitative estimate of drug-likeness (QED) is 0.669. The largest absolute Gasteiger partial charge is 0.352 e. The van der Waals surface area contributed by atoms with Gasteiger partial charge in [0.2, 0.25) is 10.0 Å². The summed E-state index contributed by atoms with van der Waals surface area (Å²) in [5, 5.41) is 8.47. The van der Waals surface area contributed by atoms with E-state index in [9.17, 15) is 12.8 Å². The number of pyridine rings is 1. The molecule has 4 rings (SSSR count). The Balaban J connectivity index is 1.43. The molecule has 1 aromatic carbocycles. The molecule has 9 heteroatoms. The highest BCUT2D eigenvalue weighted by Crippen LogP contribution is 2.21. The highest BCUT2D eigenvalue weighted by Gasteiger charge is 2.29. The second kappa shape index (κ2) is 7.61. The zero-order valence-electron chi connectivity index (χ0n) is 14.9. The zero-order chi connectivity index (χ0) is 19.6. The van der Waals surface area contributed by atoms with Crippen molar-refractivity contribution in [3.63, 3.8) is 0 Å². The molecule has 0 unspecified atom stereocenters. The fourth-order valence-corrected chi connectivity index (χ4v) is 4.46. The molecule has 0 atom stereocenters. The van der Waals surface area contributed by atoms with Crippen molar-refractivity contribution >= 4 is 15.8 Å². The van der Waals surface area contributed by atoms with Gasteiger partial charge in [-0.1, -0.05) is 0 Å². The predicted octanol–water partition coefficient (Wildman–Crippen LogP) is 2.19. The van der Waals surface area contributed by atoms with E-state index < -0.39 is 10.0 Å².